The Bertz CT molecular complexity index is 604. The number of hydrogen-bond donors (Lipinski definition) is 1. The van der Waals surface area contributed by atoms with Crippen LogP contribution in [-0.4, -0.2) is 63.7 Å². The number of aromatic nitrogens is 3. The SMILES string of the molecule is Cn1cnnc1C1CN(CC(O)COc2ccccc2)CCO1. The molecule has 0 amide bonds. The highest BCUT2D eigenvalue weighted by molar-refractivity contribution is 5.20. The molecule has 0 saturated carbocycles. The van der Waals surface area contributed by atoms with Gasteiger partial charge in [-0.1, -0.05) is 18.2 Å². The molecular weight excluding hydrogens is 296 g/mol. The molecule has 0 aliphatic carbocycles. The Balaban J connectivity index is 1.48. The standard InChI is InChI=1S/C16H22N4O3/c1-19-12-17-18-16(19)15-10-20(7-8-22-15)9-13(21)11-23-14-5-3-2-4-6-14/h2-6,12-13,15,21H,7-11H2,1H3. The number of aliphatic hydroxyl groups is 1. The van der Waals surface area contributed by atoms with Gasteiger partial charge >= 0.3 is 0 Å². The van der Waals surface area contributed by atoms with E-state index in [0.29, 0.717) is 19.7 Å². The van der Waals surface area contributed by atoms with Gasteiger partial charge in [-0.15, -0.1) is 10.2 Å². The van der Waals surface area contributed by atoms with Crippen molar-refractivity contribution >= 4 is 0 Å². The zero-order valence-corrected chi connectivity index (χ0v) is 13.2. The van der Waals surface area contributed by atoms with Crippen LogP contribution >= 0.6 is 0 Å². The number of para-hydroxylation sites is 1. The van der Waals surface area contributed by atoms with E-state index in [1.165, 1.54) is 0 Å². The van der Waals surface area contributed by atoms with Crippen LogP contribution in [0.4, 0.5) is 0 Å². The average molecular weight is 318 g/mol. The van der Waals surface area contributed by atoms with E-state index in [1.54, 1.807) is 6.33 Å². The highest BCUT2D eigenvalue weighted by Crippen LogP contribution is 2.20. The maximum absolute atomic E-state index is 10.2. The normalized spacial score (nSPS) is 20.3. The molecule has 1 aliphatic rings. The summed E-state index contributed by atoms with van der Waals surface area (Å²) in [4.78, 5) is 2.17. The maximum atomic E-state index is 10.2. The lowest BCUT2D eigenvalue weighted by Crippen LogP contribution is -2.44. The van der Waals surface area contributed by atoms with E-state index in [0.717, 1.165) is 18.1 Å². The lowest BCUT2D eigenvalue weighted by atomic mass is 10.2. The zero-order valence-electron chi connectivity index (χ0n) is 13.2. The number of morpholine rings is 1. The number of aryl methyl sites for hydroxylation is 1. The smallest absolute Gasteiger partial charge is 0.163 e. The molecule has 7 heteroatoms. The molecule has 2 unspecified atom stereocenters. The monoisotopic (exact) mass is 318 g/mol. The predicted octanol–water partition coefficient (Wildman–Crippen LogP) is 0.628. The molecule has 7 nitrogen and oxygen atoms in total. The summed E-state index contributed by atoms with van der Waals surface area (Å²) in [6, 6.07) is 9.52. The summed E-state index contributed by atoms with van der Waals surface area (Å²) >= 11 is 0. The number of aliphatic hydroxyl groups excluding tert-OH is 1. The zero-order chi connectivity index (χ0) is 16.1. The lowest BCUT2D eigenvalue weighted by Gasteiger charge is -2.33. The van der Waals surface area contributed by atoms with Gasteiger partial charge in [0.1, 0.15) is 30.9 Å². The van der Waals surface area contributed by atoms with Crippen LogP contribution in [0.5, 0.6) is 5.75 Å². The molecule has 124 valence electrons. The molecule has 1 saturated heterocycles. The summed E-state index contributed by atoms with van der Waals surface area (Å²) in [5.74, 6) is 1.58. The number of nitrogens with zero attached hydrogens (tertiary/aromatic N) is 4. The fraction of sp³-hybridized carbons (Fsp3) is 0.500. The summed E-state index contributed by atoms with van der Waals surface area (Å²) in [5.41, 5.74) is 0. The summed E-state index contributed by atoms with van der Waals surface area (Å²) in [7, 11) is 1.90. The number of ether oxygens (including phenoxy) is 2. The molecule has 1 fully saturated rings. The molecule has 0 bridgehead atoms. The van der Waals surface area contributed by atoms with Gasteiger partial charge in [-0.25, -0.2) is 0 Å². The van der Waals surface area contributed by atoms with Gasteiger partial charge < -0.3 is 19.1 Å². The van der Waals surface area contributed by atoms with Gasteiger partial charge in [0.25, 0.3) is 0 Å². The van der Waals surface area contributed by atoms with Crippen LogP contribution in [0.1, 0.15) is 11.9 Å². The van der Waals surface area contributed by atoms with Crippen molar-refractivity contribution in [1.82, 2.24) is 19.7 Å². The second-order valence-electron chi connectivity index (χ2n) is 5.70. The van der Waals surface area contributed by atoms with Crippen LogP contribution in [0.25, 0.3) is 0 Å². The molecule has 1 aromatic carbocycles. The third-order valence-electron chi connectivity index (χ3n) is 3.84. The molecule has 0 spiro atoms. The summed E-state index contributed by atoms with van der Waals surface area (Å²) in [5, 5.41) is 18.2. The lowest BCUT2D eigenvalue weighted by molar-refractivity contribution is -0.0506. The minimum atomic E-state index is -0.548. The molecule has 0 radical (unpaired) electrons. The highest BCUT2D eigenvalue weighted by atomic mass is 16.5. The van der Waals surface area contributed by atoms with Crippen LogP contribution in [0.15, 0.2) is 36.7 Å². The van der Waals surface area contributed by atoms with Crippen LogP contribution in [0.2, 0.25) is 0 Å². The Kier molecular flexibility index (Phi) is 5.22. The second-order valence-corrected chi connectivity index (χ2v) is 5.70. The van der Waals surface area contributed by atoms with Crippen LogP contribution < -0.4 is 4.74 Å². The first-order chi connectivity index (χ1) is 11.2. The van der Waals surface area contributed by atoms with E-state index >= 15 is 0 Å². The van der Waals surface area contributed by atoms with E-state index in [2.05, 4.69) is 15.1 Å². The molecule has 23 heavy (non-hydrogen) atoms. The second kappa shape index (κ2) is 7.54. The van der Waals surface area contributed by atoms with Crippen molar-refractivity contribution in [2.75, 3.05) is 32.8 Å². The number of rotatable bonds is 6. The minimum absolute atomic E-state index is 0.113. The van der Waals surface area contributed by atoms with Gasteiger partial charge in [-0.3, -0.25) is 4.90 Å². The molecule has 3 rings (SSSR count). The van der Waals surface area contributed by atoms with E-state index in [9.17, 15) is 5.11 Å². The van der Waals surface area contributed by atoms with Crippen molar-refractivity contribution in [3.63, 3.8) is 0 Å². The molecule has 1 aliphatic heterocycles. The predicted molar refractivity (Wildman–Crippen MR) is 84.1 cm³/mol. The number of hydrogen-bond acceptors (Lipinski definition) is 6. The molecule has 2 heterocycles. The molecular formula is C16H22N4O3. The Morgan fingerprint density at radius 2 is 2.22 bits per heavy atom. The Labute approximate surface area is 135 Å². The van der Waals surface area contributed by atoms with E-state index in [4.69, 9.17) is 9.47 Å². The van der Waals surface area contributed by atoms with Crippen molar-refractivity contribution in [3.8, 4) is 5.75 Å². The maximum Gasteiger partial charge on any atom is 0.163 e. The number of β-amino-alcohol motifs (C(OH)–C–C–N with tert-alkyl or cyclic N) is 1. The van der Waals surface area contributed by atoms with Gasteiger partial charge in [0, 0.05) is 26.7 Å². The Hall–Kier alpha value is -1.96. The quantitative estimate of drug-likeness (QED) is 0.842. The molecule has 1 N–H and O–H groups in total. The van der Waals surface area contributed by atoms with Crippen LogP contribution in [0, 0.1) is 0 Å². The first-order valence-corrected chi connectivity index (χ1v) is 7.76. The van der Waals surface area contributed by atoms with Gasteiger partial charge in [-0.2, -0.15) is 0 Å². The Morgan fingerprint density at radius 1 is 1.39 bits per heavy atom. The molecule has 2 atom stereocenters. The Morgan fingerprint density at radius 3 is 2.96 bits per heavy atom. The largest absolute Gasteiger partial charge is 0.491 e. The van der Waals surface area contributed by atoms with Crippen molar-refractivity contribution in [1.29, 1.82) is 0 Å². The summed E-state index contributed by atoms with van der Waals surface area (Å²) in [6.07, 6.45) is 1.01. The van der Waals surface area contributed by atoms with Gasteiger partial charge in [0.05, 0.1) is 6.61 Å². The van der Waals surface area contributed by atoms with Gasteiger partial charge in [0.15, 0.2) is 5.82 Å². The van der Waals surface area contributed by atoms with Gasteiger partial charge in [0.2, 0.25) is 0 Å². The average Bonchev–Trinajstić information content (AvgIpc) is 3.00. The summed E-state index contributed by atoms with van der Waals surface area (Å²) in [6.45, 7) is 2.91. The fourth-order valence-corrected chi connectivity index (χ4v) is 2.67. The van der Waals surface area contributed by atoms with Gasteiger partial charge in [-0.05, 0) is 12.1 Å². The van der Waals surface area contributed by atoms with E-state index in [-0.39, 0.29) is 12.7 Å². The molecule has 2 aromatic rings. The van der Waals surface area contributed by atoms with Crippen molar-refractivity contribution < 1.29 is 14.6 Å². The van der Waals surface area contributed by atoms with Crippen LogP contribution in [0.3, 0.4) is 0 Å². The first-order valence-electron chi connectivity index (χ1n) is 7.76. The van der Waals surface area contributed by atoms with Crippen molar-refractivity contribution in [3.05, 3.63) is 42.5 Å². The topological polar surface area (TPSA) is 72.6 Å². The van der Waals surface area contributed by atoms with E-state index < -0.39 is 6.10 Å². The summed E-state index contributed by atoms with van der Waals surface area (Å²) < 4.78 is 13.2. The molecule has 1 aromatic heterocycles. The van der Waals surface area contributed by atoms with Crippen molar-refractivity contribution in [2.24, 2.45) is 7.05 Å². The van der Waals surface area contributed by atoms with Crippen LogP contribution in [-0.2, 0) is 11.8 Å². The number of benzene rings is 1. The fourth-order valence-electron chi connectivity index (χ4n) is 2.67. The highest BCUT2D eigenvalue weighted by Gasteiger charge is 2.26. The third-order valence-corrected chi connectivity index (χ3v) is 3.84. The van der Waals surface area contributed by atoms with Crippen molar-refractivity contribution in [2.45, 2.75) is 12.2 Å². The minimum Gasteiger partial charge on any atom is -0.491 e. The van der Waals surface area contributed by atoms with E-state index in [1.807, 2.05) is 41.9 Å². The first kappa shape index (κ1) is 15.9. The third kappa shape index (κ3) is 4.28.